The van der Waals surface area contributed by atoms with E-state index in [0.29, 0.717) is 0 Å². The lowest BCUT2D eigenvalue weighted by Crippen LogP contribution is -2.61. The summed E-state index contributed by atoms with van der Waals surface area (Å²) in [6.07, 6.45) is 1.36. The normalized spacial score (nSPS) is 15.8. The molecule has 0 aliphatic carbocycles. The zero-order valence-electron chi connectivity index (χ0n) is 21.9. The number of nitrogens with zero attached hydrogens (tertiary/aromatic N) is 1. The van der Waals surface area contributed by atoms with Crippen molar-refractivity contribution in [2.75, 3.05) is 14.1 Å². The Labute approximate surface area is 204 Å². The molecule has 1 aromatic carbocycles. The fourth-order valence-corrected chi connectivity index (χ4v) is 4.48. The van der Waals surface area contributed by atoms with Crippen LogP contribution >= 0.6 is 7.60 Å². The van der Waals surface area contributed by atoms with Crippen molar-refractivity contribution in [2.45, 2.75) is 72.0 Å². The molecule has 0 aliphatic heterocycles. The Balaban J connectivity index is 3.26. The molecule has 1 rings (SSSR count). The average molecular weight is 496 g/mol. The van der Waals surface area contributed by atoms with Crippen LogP contribution in [0, 0.1) is 11.3 Å². The van der Waals surface area contributed by atoms with Gasteiger partial charge in [-0.25, -0.2) is 0 Å². The topological polar surface area (TPSA) is 119 Å². The number of rotatable bonds is 10. The first kappa shape index (κ1) is 30.0. The maximum Gasteiger partial charge on any atom is 0.348 e. The van der Waals surface area contributed by atoms with Crippen molar-refractivity contribution in [3.8, 4) is 0 Å². The van der Waals surface area contributed by atoms with E-state index in [4.69, 9.17) is 0 Å². The number of nitrogens with one attached hydrogen (secondary N) is 2. The van der Waals surface area contributed by atoms with Crippen LogP contribution in [0.25, 0.3) is 0 Å². The van der Waals surface area contributed by atoms with Crippen LogP contribution in [0.15, 0.2) is 42.2 Å². The number of amides is 2. The summed E-state index contributed by atoms with van der Waals surface area (Å²) in [5, 5.41) is 6.07. The minimum Gasteiger partial charge on any atom is -0.342 e. The van der Waals surface area contributed by atoms with Crippen LogP contribution in [0.1, 0.15) is 54.0 Å². The van der Waals surface area contributed by atoms with Gasteiger partial charge in [0.1, 0.15) is 6.04 Å². The highest BCUT2D eigenvalue weighted by molar-refractivity contribution is 7.55. The van der Waals surface area contributed by atoms with E-state index in [1.807, 2.05) is 78.8 Å². The molecule has 4 N–H and O–H groups in total. The first-order valence-electron chi connectivity index (χ1n) is 11.5. The molecule has 0 aromatic heterocycles. The molecule has 8 nitrogen and oxygen atoms in total. The van der Waals surface area contributed by atoms with Crippen LogP contribution in [-0.2, 0) is 19.6 Å². The number of carbonyl (C=O) groups is 2. The van der Waals surface area contributed by atoms with Crippen molar-refractivity contribution in [1.29, 1.82) is 0 Å². The monoisotopic (exact) mass is 495 g/mol. The Morgan fingerprint density at radius 2 is 1.56 bits per heavy atom. The third kappa shape index (κ3) is 8.05. The second kappa shape index (κ2) is 11.6. The Kier molecular flexibility index (Phi) is 10.3. The second-order valence-electron chi connectivity index (χ2n) is 10.7. The van der Waals surface area contributed by atoms with Crippen LogP contribution in [-0.4, -0.2) is 58.7 Å². The fraction of sp³-hybridized carbons (Fsp3) is 0.600. The molecular formula is C25H42N3O5P. The summed E-state index contributed by atoms with van der Waals surface area (Å²) in [5.41, 5.74) is -0.169. The molecule has 0 fully saturated rings. The van der Waals surface area contributed by atoms with Crippen molar-refractivity contribution in [1.82, 2.24) is 15.5 Å². The van der Waals surface area contributed by atoms with E-state index >= 15 is 0 Å². The van der Waals surface area contributed by atoms with Gasteiger partial charge in [0.05, 0.1) is 12.1 Å². The quantitative estimate of drug-likeness (QED) is 0.370. The van der Waals surface area contributed by atoms with Crippen LogP contribution < -0.4 is 10.6 Å². The average Bonchev–Trinajstić information content (AvgIpc) is 2.70. The molecule has 2 amide bonds. The van der Waals surface area contributed by atoms with E-state index in [-0.39, 0.29) is 17.7 Å². The molecule has 34 heavy (non-hydrogen) atoms. The fourth-order valence-electron chi connectivity index (χ4n) is 4.08. The number of carbonyl (C=O) groups excluding carboxylic acids is 2. The first-order valence-corrected chi connectivity index (χ1v) is 13.2. The van der Waals surface area contributed by atoms with Crippen molar-refractivity contribution < 1.29 is 23.9 Å². The van der Waals surface area contributed by atoms with E-state index in [2.05, 4.69) is 10.6 Å². The standard InChI is InChI=1S/C25H42N3O5P/c1-17(2)19(15-16-34(31,32)33)28(9)23(30)21(24(3,4)5)27-22(29)20(26-8)25(6,7)18-13-11-10-12-14-18/h10-17,19-21,26H,1-9H3,(H,27,29)(H2,31,32,33)/t19-,20-,21-/m1/s1. The molecule has 0 bridgehead atoms. The van der Waals surface area contributed by atoms with Crippen molar-refractivity contribution in [3.05, 3.63) is 47.8 Å². The molecule has 0 aliphatic rings. The summed E-state index contributed by atoms with van der Waals surface area (Å²) in [6.45, 7) is 13.3. The highest BCUT2D eigenvalue weighted by atomic mass is 31.2. The molecule has 192 valence electrons. The van der Waals surface area contributed by atoms with Crippen LogP contribution in [0.5, 0.6) is 0 Å². The molecule has 0 spiro atoms. The summed E-state index contributed by atoms with van der Waals surface area (Å²) in [7, 11) is -1.06. The van der Waals surface area contributed by atoms with Gasteiger partial charge in [-0.3, -0.25) is 14.2 Å². The van der Waals surface area contributed by atoms with E-state index < -0.39 is 36.6 Å². The lowest BCUT2D eigenvalue weighted by molar-refractivity contribution is -0.140. The summed E-state index contributed by atoms with van der Waals surface area (Å²) < 4.78 is 11.3. The summed E-state index contributed by atoms with van der Waals surface area (Å²) in [5.74, 6) is 0.0910. The van der Waals surface area contributed by atoms with Gasteiger partial charge in [0, 0.05) is 18.3 Å². The molecule has 0 unspecified atom stereocenters. The van der Waals surface area contributed by atoms with Gasteiger partial charge in [-0.15, -0.1) is 0 Å². The number of hydrogen-bond donors (Lipinski definition) is 4. The maximum atomic E-state index is 13.6. The Bertz CT molecular complexity index is 903. The predicted octanol–water partition coefficient (Wildman–Crippen LogP) is 3.26. The van der Waals surface area contributed by atoms with Gasteiger partial charge >= 0.3 is 7.60 Å². The largest absolute Gasteiger partial charge is 0.348 e. The molecular weight excluding hydrogens is 453 g/mol. The lowest BCUT2D eigenvalue weighted by Gasteiger charge is -2.39. The van der Waals surface area contributed by atoms with Crippen molar-refractivity contribution in [3.63, 3.8) is 0 Å². The molecule has 3 atom stereocenters. The zero-order chi connectivity index (χ0) is 26.5. The van der Waals surface area contributed by atoms with E-state index in [0.717, 1.165) is 11.4 Å². The predicted molar refractivity (Wildman–Crippen MR) is 136 cm³/mol. The second-order valence-corrected chi connectivity index (χ2v) is 12.2. The maximum absolute atomic E-state index is 13.6. The third-order valence-corrected chi connectivity index (χ3v) is 6.71. The summed E-state index contributed by atoms with van der Waals surface area (Å²) in [6, 6.07) is 7.71. The Morgan fingerprint density at radius 3 is 1.97 bits per heavy atom. The Hall–Kier alpha value is -1.99. The SMILES string of the molecule is CN[C@H](C(=O)N[C@H](C(=O)N(C)[C@H](C=CP(=O)(O)O)C(C)C)C(C)(C)C)C(C)(C)c1ccccc1. The van der Waals surface area contributed by atoms with Gasteiger partial charge in [0.15, 0.2) is 0 Å². The number of hydrogen-bond acceptors (Lipinski definition) is 4. The molecule has 0 saturated carbocycles. The zero-order valence-corrected chi connectivity index (χ0v) is 22.8. The third-order valence-electron chi connectivity index (χ3n) is 6.15. The Morgan fingerprint density at radius 1 is 1.03 bits per heavy atom. The minimum atomic E-state index is -4.37. The highest BCUT2D eigenvalue weighted by Gasteiger charge is 2.41. The smallest absolute Gasteiger partial charge is 0.342 e. The van der Waals surface area contributed by atoms with Gasteiger partial charge in [-0.1, -0.05) is 84.9 Å². The lowest BCUT2D eigenvalue weighted by atomic mass is 9.76. The number of likely N-dealkylation sites (N-methyl/N-ethyl adjacent to an activating group) is 2. The van der Waals surface area contributed by atoms with Crippen LogP contribution in [0.3, 0.4) is 0 Å². The van der Waals surface area contributed by atoms with Crippen molar-refractivity contribution >= 4 is 19.4 Å². The molecule has 0 radical (unpaired) electrons. The van der Waals surface area contributed by atoms with Crippen molar-refractivity contribution in [2.24, 2.45) is 11.3 Å². The summed E-state index contributed by atoms with van der Waals surface area (Å²) >= 11 is 0. The summed E-state index contributed by atoms with van der Waals surface area (Å²) in [4.78, 5) is 47.0. The van der Waals surface area contributed by atoms with E-state index in [9.17, 15) is 23.9 Å². The van der Waals surface area contributed by atoms with E-state index in [1.54, 1.807) is 14.1 Å². The van der Waals surface area contributed by atoms with Gasteiger partial charge < -0.3 is 25.3 Å². The molecule has 9 heteroatoms. The number of benzene rings is 1. The molecule has 0 saturated heterocycles. The highest BCUT2D eigenvalue weighted by Crippen LogP contribution is 2.37. The van der Waals surface area contributed by atoms with Crippen LogP contribution in [0.2, 0.25) is 0 Å². The van der Waals surface area contributed by atoms with Gasteiger partial charge in [-0.05, 0) is 23.9 Å². The van der Waals surface area contributed by atoms with Gasteiger partial charge in [0.25, 0.3) is 0 Å². The van der Waals surface area contributed by atoms with E-state index in [1.165, 1.54) is 11.0 Å². The molecule has 1 aromatic rings. The van der Waals surface area contributed by atoms with Crippen LogP contribution in [0.4, 0.5) is 0 Å². The first-order chi connectivity index (χ1) is 15.4. The minimum absolute atomic E-state index is 0.102. The van der Waals surface area contributed by atoms with Gasteiger partial charge in [-0.2, -0.15) is 0 Å². The molecule has 0 heterocycles. The van der Waals surface area contributed by atoms with Gasteiger partial charge in [0.2, 0.25) is 11.8 Å².